The summed E-state index contributed by atoms with van der Waals surface area (Å²) in [6.45, 7) is 2.47. The van der Waals surface area contributed by atoms with Crippen molar-refractivity contribution >= 4 is 5.91 Å². The van der Waals surface area contributed by atoms with Gasteiger partial charge in [-0.3, -0.25) is 4.79 Å². The minimum absolute atomic E-state index is 0.0155. The summed E-state index contributed by atoms with van der Waals surface area (Å²) < 4.78 is 39.0. The number of hydrogen-bond acceptors (Lipinski definition) is 2. The van der Waals surface area contributed by atoms with Crippen molar-refractivity contribution in [2.24, 2.45) is 5.92 Å². The number of halogens is 3. The number of carbonyl (C=O) groups excluding carboxylic acids is 1. The van der Waals surface area contributed by atoms with Crippen molar-refractivity contribution in [1.29, 1.82) is 0 Å². The Bertz CT molecular complexity index is 620. The SMILES string of the molecule is O=C(CCC1CCNCC1)NCC1(c2cccc(C(F)(F)F)c2)CCC1. The molecule has 1 aliphatic carbocycles. The molecule has 0 aromatic heterocycles. The van der Waals surface area contributed by atoms with Gasteiger partial charge >= 0.3 is 6.18 Å². The standard InChI is InChI=1S/C20H27F3N2O/c21-20(22,23)17-4-1-3-16(13-17)19(9-2-10-19)14-25-18(26)6-5-15-7-11-24-12-8-15/h1,3-4,13,15,24H,2,5-12,14H2,(H,25,26). The van der Waals surface area contributed by atoms with Crippen molar-refractivity contribution in [2.45, 2.75) is 56.5 Å². The summed E-state index contributed by atoms with van der Waals surface area (Å²) >= 11 is 0. The third-order valence-electron chi connectivity index (χ3n) is 5.98. The normalized spacial score (nSPS) is 20.4. The first-order chi connectivity index (χ1) is 12.4. The molecule has 1 amide bonds. The first-order valence-electron chi connectivity index (χ1n) is 9.54. The fourth-order valence-corrected chi connectivity index (χ4v) is 4.06. The van der Waals surface area contributed by atoms with Crippen molar-refractivity contribution in [1.82, 2.24) is 10.6 Å². The topological polar surface area (TPSA) is 41.1 Å². The van der Waals surface area contributed by atoms with Gasteiger partial charge in [0.25, 0.3) is 0 Å². The maximum Gasteiger partial charge on any atom is 0.416 e. The highest BCUT2D eigenvalue weighted by atomic mass is 19.4. The molecular formula is C20H27F3N2O. The van der Waals surface area contributed by atoms with E-state index in [0.717, 1.165) is 57.7 Å². The molecule has 0 spiro atoms. The zero-order valence-corrected chi connectivity index (χ0v) is 15.0. The molecule has 1 saturated heterocycles. The molecule has 1 aromatic rings. The molecule has 3 rings (SSSR count). The minimum Gasteiger partial charge on any atom is -0.355 e. The number of carbonyl (C=O) groups is 1. The molecule has 2 aliphatic rings. The van der Waals surface area contributed by atoms with E-state index >= 15 is 0 Å². The summed E-state index contributed by atoms with van der Waals surface area (Å²) in [5.41, 5.74) is -0.262. The molecule has 144 valence electrons. The van der Waals surface area contributed by atoms with Crippen molar-refractivity contribution in [3.8, 4) is 0 Å². The van der Waals surface area contributed by atoms with Gasteiger partial charge in [-0.05, 0) is 62.7 Å². The monoisotopic (exact) mass is 368 g/mol. The van der Waals surface area contributed by atoms with Gasteiger partial charge in [-0.2, -0.15) is 13.2 Å². The quantitative estimate of drug-likeness (QED) is 0.796. The Morgan fingerprint density at radius 1 is 1.23 bits per heavy atom. The third kappa shape index (κ3) is 4.58. The summed E-state index contributed by atoms with van der Waals surface area (Å²) in [5, 5.41) is 6.30. The van der Waals surface area contributed by atoms with Crippen molar-refractivity contribution in [3.63, 3.8) is 0 Å². The van der Waals surface area contributed by atoms with E-state index in [-0.39, 0.29) is 11.3 Å². The molecule has 1 aliphatic heterocycles. The molecular weight excluding hydrogens is 341 g/mol. The molecule has 2 fully saturated rings. The highest BCUT2D eigenvalue weighted by Gasteiger charge is 2.40. The molecule has 3 nitrogen and oxygen atoms in total. The molecule has 1 heterocycles. The van der Waals surface area contributed by atoms with E-state index in [2.05, 4.69) is 10.6 Å². The van der Waals surface area contributed by atoms with Gasteiger partial charge in [0, 0.05) is 18.4 Å². The van der Waals surface area contributed by atoms with Crippen LogP contribution in [-0.4, -0.2) is 25.5 Å². The predicted molar refractivity (Wildman–Crippen MR) is 94.8 cm³/mol. The zero-order valence-electron chi connectivity index (χ0n) is 15.0. The Balaban J connectivity index is 1.56. The first kappa shape index (κ1) is 19.2. The fraction of sp³-hybridized carbons (Fsp3) is 0.650. The van der Waals surface area contributed by atoms with E-state index in [1.807, 2.05) is 0 Å². The van der Waals surface area contributed by atoms with Crippen LogP contribution in [-0.2, 0) is 16.4 Å². The van der Waals surface area contributed by atoms with Crippen LogP contribution in [0, 0.1) is 5.92 Å². The van der Waals surface area contributed by atoms with E-state index in [1.165, 1.54) is 12.1 Å². The van der Waals surface area contributed by atoms with Crippen LogP contribution in [0.4, 0.5) is 13.2 Å². The lowest BCUT2D eigenvalue weighted by atomic mass is 9.64. The van der Waals surface area contributed by atoms with Gasteiger partial charge < -0.3 is 10.6 Å². The van der Waals surface area contributed by atoms with Gasteiger partial charge in [-0.1, -0.05) is 24.6 Å². The second-order valence-corrected chi connectivity index (χ2v) is 7.72. The van der Waals surface area contributed by atoms with Crippen LogP contribution in [0.1, 0.15) is 56.1 Å². The van der Waals surface area contributed by atoms with Crippen LogP contribution >= 0.6 is 0 Å². The van der Waals surface area contributed by atoms with Crippen molar-refractivity contribution in [3.05, 3.63) is 35.4 Å². The second kappa shape index (κ2) is 7.99. The minimum atomic E-state index is -4.33. The largest absolute Gasteiger partial charge is 0.416 e. The molecule has 2 N–H and O–H groups in total. The van der Waals surface area contributed by atoms with Gasteiger partial charge in [0.15, 0.2) is 0 Å². The number of amides is 1. The van der Waals surface area contributed by atoms with Crippen LogP contribution in [0.25, 0.3) is 0 Å². The lowest BCUT2D eigenvalue weighted by molar-refractivity contribution is -0.137. The van der Waals surface area contributed by atoms with Crippen LogP contribution < -0.4 is 10.6 Å². The smallest absolute Gasteiger partial charge is 0.355 e. The molecule has 1 aromatic carbocycles. The van der Waals surface area contributed by atoms with Crippen LogP contribution in [0.15, 0.2) is 24.3 Å². The molecule has 1 saturated carbocycles. The first-order valence-corrected chi connectivity index (χ1v) is 9.54. The molecule has 6 heteroatoms. The van der Waals surface area contributed by atoms with Gasteiger partial charge in [0.1, 0.15) is 0 Å². The molecule has 0 radical (unpaired) electrons. The lowest BCUT2D eigenvalue weighted by Gasteiger charge is -2.43. The lowest BCUT2D eigenvalue weighted by Crippen LogP contribution is -2.45. The summed E-state index contributed by atoms with van der Waals surface area (Å²) in [5.74, 6) is 0.616. The second-order valence-electron chi connectivity index (χ2n) is 7.72. The summed E-state index contributed by atoms with van der Waals surface area (Å²) in [4.78, 5) is 12.2. The van der Waals surface area contributed by atoms with Gasteiger partial charge in [0.2, 0.25) is 5.91 Å². The van der Waals surface area contributed by atoms with Crippen LogP contribution in [0.5, 0.6) is 0 Å². The number of hydrogen-bond donors (Lipinski definition) is 2. The Morgan fingerprint density at radius 3 is 2.58 bits per heavy atom. The van der Waals surface area contributed by atoms with Gasteiger partial charge in [-0.25, -0.2) is 0 Å². The summed E-state index contributed by atoms with van der Waals surface area (Å²) in [6.07, 6.45) is 1.92. The van der Waals surface area contributed by atoms with E-state index in [0.29, 0.717) is 24.4 Å². The number of benzene rings is 1. The summed E-state index contributed by atoms with van der Waals surface area (Å²) in [7, 11) is 0. The van der Waals surface area contributed by atoms with Crippen molar-refractivity contribution < 1.29 is 18.0 Å². The number of alkyl halides is 3. The van der Waals surface area contributed by atoms with Crippen LogP contribution in [0.2, 0.25) is 0 Å². The highest BCUT2D eigenvalue weighted by molar-refractivity contribution is 5.76. The fourth-order valence-electron chi connectivity index (χ4n) is 4.06. The van der Waals surface area contributed by atoms with Gasteiger partial charge in [-0.15, -0.1) is 0 Å². The maximum atomic E-state index is 13.0. The molecule has 0 bridgehead atoms. The number of rotatable bonds is 6. The number of piperidine rings is 1. The zero-order chi connectivity index (χ0) is 18.6. The molecule has 26 heavy (non-hydrogen) atoms. The van der Waals surface area contributed by atoms with Gasteiger partial charge in [0.05, 0.1) is 5.56 Å². The van der Waals surface area contributed by atoms with E-state index in [1.54, 1.807) is 6.07 Å². The van der Waals surface area contributed by atoms with E-state index in [9.17, 15) is 18.0 Å². The molecule has 0 unspecified atom stereocenters. The Hall–Kier alpha value is -1.56. The average molecular weight is 368 g/mol. The Labute approximate surface area is 152 Å². The van der Waals surface area contributed by atoms with E-state index < -0.39 is 11.7 Å². The van der Waals surface area contributed by atoms with Crippen molar-refractivity contribution in [2.75, 3.05) is 19.6 Å². The summed E-state index contributed by atoms with van der Waals surface area (Å²) in [6, 6.07) is 5.58. The van der Waals surface area contributed by atoms with Crippen LogP contribution in [0.3, 0.4) is 0 Å². The van der Waals surface area contributed by atoms with E-state index in [4.69, 9.17) is 0 Å². The average Bonchev–Trinajstić information content (AvgIpc) is 2.59. The highest BCUT2D eigenvalue weighted by Crippen LogP contribution is 2.44. The number of nitrogens with one attached hydrogen (secondary N) is 2. The Kier molecular flexibility index (Phi) is 5.90. The predicted octanol–water partition coefficient (Wildman–Crippen LogP) is 4.02. The third-order valence-corrected chi connectivity index (χ3v) is 5.98. The maximum absolute atomic E-state index is 13.0. The molecule has 0 atom stereocenters. The Morgan fingerprint density at radius 2 is 1.96 bits per heavy atom.